The highest BCUT2D eigenvalue weighted by molar-refractivity contribution is 5.49. The lowest BCUT2D eigenvalue weighted by atomic mass is 9.93. The molecule has 0 amide bonds. The van der Waals surface area contributed by atoms with Gasteiger partial charge < -0.3 is 10.7 Å². The zero-order valence-corrected chi connectivity index (χ0v) is 10.1. The maximum Gasteiger partial charge on any atom is 0.269 e. The lowest BCUT2D eigenvalue weighted by Gasteiger charge is -2.29. The number of nitrogens with zero attached hydrogens (tertiary/aromatic N) is 2. The van der Waals surface area contributed by atoms with Crippen molar-refractivity contribution in [3.8, 4) is 0 Å². The molecule has 6 heteroatoms. The molecule has 0 saturated carbocycles. The number of hydrogen-bond donors (Lipinski definition) is 2. The summed E-state index contributed by atoms with van der Waals surface area (Å²) in [5.41, 5.74) is 6.31. The minimum absolute atomic E-state index is 0.0558. The first kappa shape index (κ1) is 13.4. The first-order valence-electron chi connectivity index (χ1n) is 5.32. The lowest BCUT2D eigenvalue weighted by molar-refractivity contribution is -0.384. The Balaban J connectivity index is 2.76. The minimum Gasteiger partial charge on any atom is -0.330 e. The second-order valence-corrected chi connectivity index (χ2v) is 4.77. The predicted molar refractivity (Wildman–Crippen MR) is 67.5 cm³/mol. The van der Waals surface area contributed by atoms with Crippen LogP contribution in [-0.2, 0) is 0 Å². The summed E-state index contributed by atoms with van der Waals surface area (Å²) in [6, 6.07) is 6.13. The number of hydrogen-bond acceptors (Lipinski definition) is 5. The van der Waals surface area contributed by atoms with Gasteiger partial charge in [-0.1, -0.05) is 13.8 Å². The van der Waals surface area contributed by atoms with Crippen molar-refractivity contribution < 1.29 is 4.92 Å². The van der Waals surface area contributed by atoms with Crippen LogP contribution in [0, 0.1) is 15.5 Å². The molecule has 0 aliphatic heterocycles. The van der Waals surface area contributed by atoms with Crippen molar-refractivity contribution in [3.63, 3.8) is 0 Å². The molecule has 0 atom stereocenters. The van der Waals surface area contributed by atoms with E-state index in [2.05, 4.69) is 0 Å². The number of nitro groups is 1. The van der Waals surface area contributed by atoms with E-state index < -0.39 is 4.92 Å². The van der Waals surface area contributed by atoms with Gasteiger partial charge >= 0.3 is 0 Å². The third-order valence-electron chi connectivity index (χ3n) is 2.54. The SMILES string of the molecule is CC(C)(CN)CN(N)c1ccc([N+](=O)[O-])cc1. The Bertz CT molecular complexity index is 389. The Morgan fingerprint density at radius 2 is 1.88 bits per heavy atom. The molecule has 0 aliphatic carbocycles. The van der Waals surface area contributed by atoms with Crippen LogP contribution in [0.3, 0.4) is 0 Å². The molecular formula is C11H18N4O2. The van der Waals surface area contributed by atoms with Crippen molar-refractivity contribution in [2.75, 3.05) is 18.1 Å². The van der Waals surface area contributed by atoms with E-state index in [1.165, 1.54) is 12.1 Å². The van der Waals surface area contributed by atoms with E-state index in [1.54, 1.807) is 17.1 Å². The third-order valence-corrected chi connectivity index (χ3v) is 2.54. The first-order chi connectivity index (χ1) is 7.85. The number of hydrazine groups is 1. The van der Waals surface area contributed by atoms with Crippen molar-refractivity contribution in [2.45, 2.75) is 13.8 Å². The molecule has 0 spiro atoms. The first-order valence-corrected chi connectivity index (χ1v) is 5.32. The number of nitro benzene ring substituents is 1. The molecule has 0 radical (unpaired) electrons. The third kappa shape index (κ3) is 3.69. The maximum absolute atomic E-state index is 10.5. The Morgan fingerprint density at radius 3 is 2.29 bits per heavy atom. The Labute approximate surface area is 100 Å². The molecule has 1 aromatic carbocycles. The summed E-state index contributed by atoms with van der Waals surface area (Å²) in [7, 11) is 0. The van der Waals surface area contributed by atoms with Crippen LogP contribution in [-0.4, -0.2) is 18.0 Å². The molecule has 0 unspecified atom stereocenters. The van der Waals surface area contributed by atoms with Crippen molar-refractivity contribution in [1.82, 2.24) is 0 Å². The van der Waals surface area contributed by atoms with Gasteiger partial charge in [-0.2, -0.15) is 0 Å². The van der Waals surface area contributed by atoms with E-state index in [1.807, 2.05) is 13.8 Å². The smallest absolute Gasteiger partial charge is 0.269 e. The monoisotopic (exact) mass is 238 g/mol. The molecule has 4 N–H and O–H groups in total. The van der Waals surface area contributed by atoms with E-state index >= 15 is 0 Å². The molecular weight excluding hydrogens is 220 g/mol. The fraction of sp³-hybridized carbons (Fsp3) is 0.455. The largest absolute Gasteiger partial charge is 0.330 e. The van der Waals surface area contributed by atoms with Crippen LogP contribution in [0.4, 0.5) is 11.4 Å². The van der Waals surface area contributed by atoms with Gasteiger partial charge in [-0.3, -0.25) is 10.1 Å². The summed E-state index contributed by atoms with van der Waals surface area (Å²) in [6.07, 6.45) is 0. The molecule has 0 heterocycles. The maximum atomic E-state index is 10.5. The van der Waals surface area contributed by atoms with Crippen molar-refractivity contribution >= 4 is 11.4 Å². The molecule has 0 fully saturated rings. The summed E-state index contributed by atoms with van der Waals surface area (Å²) >= 11 is 0. The minimum atomic E-state index is -0.436. The zero-order valence-electron chi connectivity index (χ0n) is 10.1. The number of nitrogens with two attached hydrogens (primary N) is 2. The van der Waals surface area contributed by atoms with E-state index in [0.29, 0.717) is 13.1 Å². The van der Waals surface area contributed by atoms with Crippen LogP contribution < -0.4 is 16.6 Å². The van der Waals surface area contributed by atoms with Crippen LogP contribution in [0.1, 0.15) is 13.8 Å². The predicted octanol–water partition coefficient (Wildman–Crippen LogP) is 1.26. The van der Waals surface area contributed by atoms with Crippen molar-refractivity contribution in [1.29, 1.82) is 0 Å². The second kappa shape index (κ2) is 5.11. The Kier molecular flexibility index (Phi) is 4.03. The molecule has 1 aromatic rings. The van der Waals surface area contributed by atoms with Crippen LogP contribution in [0.5, 0.6) is 0 Å². The molecule has 94 valence electrons. The van der Waals surface area contributed by atoms with Gasteiger partial charge in [0.15, 0.2) is 0 Å². The Morgan fingerprint density at radius 1 is 1.35 bits per heavy atom. The molecule has 0 bridgehead atoms. The van der Waals surface area contributed by atoms with E-state index in [-0.39, 0.29) is 11.1 Å². The summed E-state index contributed by atoms with van der Waals surface area (Å²) in [4.78, 5) is 10.1. The number of anilines is 1. The van der Waals surface area contributed by atoms with Gasteiger partial charge in [0, 0.05) is 18.7 Å². The second-order valence-electron chi connectivity index (χ2n) is 4.77. The van der Waals surface area contributed by atoms with E-state index in [4.69, 9.17) is 11.6 Å². The van der Waals surface area contributed by atoms with Gasteiger partial charge in [0.1, 0.15) is 0 Å². The van der Waals surface area contributed by atoms with Gasteiger partial charge in [0.2, 0.25) is 0 Å². The fourth-order valence-electron chi connectivity index (χ4n) is 1.38. The molecule has 1 rings (SSSR count). The summed E-state index contributed by atoms with van der Waals surface area (Å²) < 4.78 is 0. The van der Waals surface area contributed by atoms with Crippen LogP contribution >= 0.6 is 0 Å². The van der Waals surface area contributed by atoms with Crippen molar-refractivity contribution in [3.05, 3.63) is 34.4 Å². The zero-order chi connectivity index (χ0) is 13.1. The lowest BCUT2D eigenvalue weighted by Crippen LogP contribution is -2.42. The highest BCUT2D eigenvalue weighted by Gasteiger charge is 2.19. The van der Waals surface area contributed by atoms with Gasteiger partial charge in [0.05, 0.1) is 10.6 Å². The summed E-state index contributed by atoms with van der Waals surface area (Å²) in [5, 5.41) is 12.1. The molecule has 0 aliphatic rings. The average molecular weight is 238 g/mol. The van der Waals surface area contributed by atoms with Gasteiger partial charge in [-0.25, -0.2) is 5.84 Å². The molecule has 0 saturated heterocycles. The normalized spacial score (nSPS) is 11.3. The quantitative estimate of drug-likeness (QED) is 0.457. The summed E-state index contributed by atoms with van der Waals surface area (Å²) in [5.74, 6) is 5.89. The van der Waals surface area contributed by atoms with Crippen LogP contribution in [0.25, 0.3) is 0 Å². The number of rotatable bonds is 5. The number of benzene rings is 1. The molecule has 6 nitrogen and oxygen atoms in total. The van der Waals surface area contributed by atoms with Gasteiger partial charge in [-0.05, 0) is 24.1 Å². The fourth-order valence-corrected chi connectivity index (χ4v) is 1.38. The highest BCUT2D eigenvalue weighted by atomic mass is 16.6. The van der Waals surface area contributed by atoms with Gasteiger partial charge in [-0.15, -0.1) is 0 Å². The number of non-ortho nitro benzene ring substituents is 1. The van der Waals surface area contributed by atoms with E-state index in [0.717, 1.165) is 5.69 Å². The van der Waals surface area contributed by atoms with E-state index in [9.17, 15) is 10.1 Å². The summed E-state index contributed by atoms with van der Waals surface area (Å²) in [6.45, 7) is 5.13. The van der Waals surface area contributed by atoms with Crippen molar-refractivity contribution in [2.24, 2.45) is 17.0 Å². The van der Waals surface area contributed by atoms with Crippen LogP contribution in [0.2, 0.25) is 0 Å². The molecule has 0 aromatic heterocycles. The highest BCUT2D eigenvalue weighted by Crippen LogP contribution is 2.21. The standard InChI is InChI=1S/C11H18N4O2/c1-11(2,7-12)8-14(13)9-3-5-10(6-4-9)15(16)17/h3-6H,7-8,12-13H2,1-2H3. The topological polar surface area (TPSA) is 98.4 Å². The Hall–Kier alpha value is -1.66. The van der Waals surface area contributed by atoms with Gasteiger partial charge in [0.25, 0.3) is 5.69 Å². The van der Waals surface area contributed by atoms with Crippen LogP contribution in [0.15, 0.2) is 24.3 Å². The molecule has 17 heavy (non-hydrogen) atoms. The average Bonchev–Trinajstić information content (AvgIpc) is 2.28.